The van der Waals surface area contributed by atoms with E-state index in [4.69, 9.17) is 15.2 Å². The van der Waals surface area contributed by atoms with Gasteiger partial charge in [-0.25, -0.2) is 0 Å². The summed E-state index contributed by atoms with van der Waals surface area (Å²) < 4.78 is 11.0. The molecule has 1 fully saturated rings. The molecule has 3 N–H and O–H groups in total. The van der Waals surface area contributed by atoms with Crippen molar-refractivity contribution < 1.29 is 33.8 Å². The maximum absolute atomic E-state index is 13.8. The number of hydrogen-bond acceptors (Lipinski definition) is 8. The highest BCUT2D eigenvalue weighted by atomic mass is 16.7. The Morgan fingerprint density at radius 2 is 1.93 bits per heavy atom. The molecule has 0 radical (unpaired) electrons. The highest BCUT2D eigenvalue weighted by Crippen LogP contribution is 2.44. The van der Waals surface area contributed by atoms with Gasteiger partial charge >= 0.3 is 5.97 Å². The topological polar surface area (TPSA) is 143 Å². The maximum Gasteiger partial charge on any atom is 0.308 e. The Kier molecular flexibility index (Phi) is 10.2. The number of likely N-dealkylation sites (tertiary alicyclic amines) is 1. The normalized spacial score (nSPS) is 20.6. The molecule has 0 bridgehead atoms. The van der Waals surface area contributed by atoms with Crippen LogP contribution < -0.4 is 20.1 Å². The number of fused-ring (bicyclic) bond motifs is 2. The molecular weight excluding hydrogens is 564 g/mol. The van der Waals surface area contributed by atoms with Gasteiger partial charge in [-0.2, -0.15) is 0 Å². The number of ether oxygens (including phenoxy) is 2. The third-order valence-electron chi connectivity index (χ3n) is 9.04. The average Bonchev–Trinajstić information content (AvgIpc) is 3.72. The standard InChI is InChI=1S/C33H42N4O7/c1-2-3-12-35(13-7-6-11-34)30(40)19-36-18-25(23-15-24(20-38)32-28(16-23)43-21-44-32)31(33(41)42)27(36)10-14-37-26-9-5-4-8-22(26)17-29(37)39/h4-5,8-9,15-16,20,25,27,31H,2-3,6-7,10-14,17-19,21,34H2,1H3,(H,41,42)/t25-,27+,31-/m1/s1. The van der Waals surface area contributed by atoms with Crippen LogP contribution in [0.2, 0.25) is 0 Å². The fraction of sp³-hybridized carbons (Fsp3) is 0.515. The van der Waals surface area contributed by atoms with Gasteiger partial charge in [0.05, 0.1) is 24.4 Å². The molecule has 0 aliphatic carbocycles. The number of unbranched alkanes of at least 4 members (excludes halogenated alkanes) is 2. The van der Waals surface area contributed by atoms with Crippen molar-refractivity contribution in [1.82, 2.24) is 9.80 Å². The monoisotopic (exact) mass is 606 g/mol. The second-order valence-corrected chi connectivity index (χ2v) is 11.8. The second-order valence-electron chi connectivity index (χ2n) is 11.8. The Morgan fingerprint density at radius 3 is 2.68 bits per heavy atom. The lowest BCUT2D eigenvalue weighted by molar-refractivity contribution is -0.143. The predicted octanol–water partition coefficient (Wildman–Crippen LogP) is 3.04. The number of carbonyl (C=O) groups is 4. The number of carbonyl (C=O) groups excluding carboxylic acids is 3. The molecule has 44 heavy (non-hydrogen) atoms. The fourth-order valence-corrected chi connectivity index (χ4v) is 6.81. The van der Waals surface area contributed by atoms with Crippen molar-refractivity contribution in [1.29, 1.82) is 0 Å². The van der Waals surface area contributed by atoms with E-state index < -0.39 is 23.8 Å². The van der Waals surface area contributed by atoms with Crippen LogP contribution in [0.4, 0.5) is 5.69 Å². The van der Waals surface area contributed by atoms with Crippen LogP contribution in [0, 0.1) is 5.92 Å². The van der Waals surface area contributed by atoms with E-state index in [1.165, 1.54) is 0 Å². The van der Waals surface area contributed by atoms with Crippen molar-refractivity contribution >= 4 is 29.8 Å². The second kappa shape index (κ2) is 14.2. The van der Waals surface area contributed by atoms with Crippen LogP contribution in [-0.4, -0.2) is 91.1 Å². The molecule has 2 aromatic carbocycles. The predicted molar refractivity (Wildman–Crippen MR) is 164 cm³/mol. The first-order valence-electron chi connectivity index (χ1n) is 15.6. The quantitative estimate of drug-likeness (QED) is 0.231. The number of nitrogens with zero attached hydrogens (tertiary/aromatic N) is 3. The first-order chi connectivity index (χ1) is 21.4. The van der Waals surface area contributed by atoms with Crippen LogP contribution in [0.15, 0.2) is 36.4 Å². The number of amides is 2. The van der Waals surface area contributed by atoms with E-state index in [1.807, 2.05) is 34.1 Å². The Labute approximate surface area is 257 Å². The van der Waals surface area contributed by atoms with Crippen LogP contribution >= 0.6 is 0 Å². The van der Waals surface area contributed by atoms with E-state index in [0.29, 0.717) is 74.5 Å². The van der Waals surface area contributed by atoms with Gasteiger partial charge in [0.15, 0.2) is 17.8 Å². The largest absolute Gasteiger partial charge is 0.481 e. The Bertz CT molecular complexity index is 1380. The van der Waals surface area contributed by atoms with Gasteiger partial charge in [0.25, 0.3) is 0 Å². The van der Waals surface area contributed by atoms with E-state index in [9.17, 15) is 24.3 Å². The molecule has 3 heterocycles. The molecule has 5 rings (SSSR count). The number of benzene rings is 2. The minimum Gasteiger partial charge on any atom is -0.481 e. The lowest BCUT2D eigenvalue weighted by Gasteiger charge is -2.31. The number of hydrogen-bond donors (Lipinski definition) is 2. The third kappa shape index (κ3) is 6.58. The van der Waals surface area contributed by atoms with Gasteiger partial charge in [-0.3, -0.25) is 24.1 Å². The molecule has 0 saturated carbocycles. The van der Waals surface area contributed by atoms with Gasteiger partial charge < -0.3 is 30.1 Å². The molecule has 11 nitrogen and oxygen atoms in total. The molecule has 3 aliphatic heterocycles. The summed E-state index contributed by atoms with van der Waals surface area (Å²) in [7, 11) is 0. The lowest BCUT2D eigenvalue weighted by Crippen LogP contribution is -2.46. The van der Waals surface area contributed by atoms with E-state index in [2.05, 4.69) is 6.92 Å². The van der Waals surface area contributed by atoms with E-state index in [1.54, 1.807) is 17.0 Å². The van der Waals surface area contributed by atoms with Crippen molar-refractivity contribution in [2.45, 2.75) is 57.4 Å². The molecule has 236 valence electrons. The first kappa shape index (κ1) is 31.5. The van der Waals surface area contributed by atoms with Gasteiger partial charge in [0.2, 0.25) is 18.6 Å². The third-order valence-corrected chi connectivity index (χ3v) is 9.04. The number of nitrogens with two attached hydrogens (primary N) is 1. The number of carboxylic acids is 1. The number of para-hydroxylation sites is 1. The number of carboxylic acid groups (broad SMARTS) is 1. The van der Waals surface area contributed by atoms with Crippen molar-refractivity contribution in [3.63, 3.8) is 0 Å². The minimum absolute atomic E-state index is 0.0149. The molecule has 2 aromatic rings. The minimum atomic E-state index is -0.987. The molecular formula is C33H42N4O7. The Hall–Kier alpha value is -3.96. The number of aldehydes is 1. The summed E-state index contributed by atoms with van der Waals surface area (Å²) in [4.78, 5) is 57.2. The zero-order chi connectivity index (χ0) is 31.2. The van der Waals surface area contributed by atoms with Crippen LogP contribution in [0.3, 0.4) is 0 Å². The maximum atomic E-state index is 13.8. The Morgan fingerprint density at radius 1 is 1.14 bits per heavy atom. The number of rotatable bonds is 15. The summed E-state index contributed by atoms with van der Waals surface area (Å²) >= 11 is 0. The number of anilines is 1. The Balaban J connectivity index is 1.44. The SMILES string of the molecule is CCCCN(CCCCN)C(=O)CN1C[C@H](c2cc(C=O)c3c(c2)OCO3)[C@@H](C(=O)O)[C@@H]1CCN1C(=O)Cc2ccccc21. The molecule has 0 spiro atoms. The molecule has 3 atom stereocenters. The van der Waals surface area contributed by atoms with Gasteiger partial charge in [0, 0.05) is 43.8 Å². The number of aliphatic carboxylic acids is 1. The molecule has 0 unspecified atom stereocenters. The fourth-order valence-electron chi connectivity index (χ4n) is 6.81. The summed E-state index contributed by atoms with van der Waals surface area (Å²) in [5, 5.41) is 10.6. The van der Waals surface area contributed by atoms with E-state index in [-0.39, 0.29) is 25.2 Å². The molecule has 0 aromatic heterocycles. The van der Waals surface area contributed by atoms with Gasteiger partial charge in [-0.15, -0.1) is 0 Å². The summed E-state index contributed by atoms with van der Waals surface area (Å²) in [5.41, 5.74) is 8.45. The molecule has 3 aliphatic rings. The summed E-state index contributed by atoms with van der Waals surface area (Å²) in [6, 6.07) is 10.5. The smallest absolute Gasteiger partial charge is 0.308 e. The van der Waals surface area contributed by atoms with Crippen molar-refractivity contribution in [3.05, 3.63) is 53.1 Å². The average molecular weight is 607 g/mol. The van der Waals surface area contributed by atoms with Crippen LogP contribution in [0.5, 0.6) is 11.5 Å². The zero-order valence-electron chi connectivity index (χ0n) is 25.3. The lowest BCUT2D eigenvalue weighted by atomic mass is 9.83. The zero-order valence-corrected chi connectivity index (χ0v) is 25.3. The van der Waals surface area contributed by atoms with Crippen molar-refractivity contribution in [2.75, 3.05) is 51.0 Å². The summed E-state index contributed by atoms with van der Waals surface area (Å²) in [6.07, 6.45) is 4.82. The first-order valence-corrected chi connectivity index (χ1v) is 15.6. The van der Waals surface area contributed by atoms with Crippen molar-refractivity contribution in [2.24, 2.45) is 11.7 Å². The molecule has 11 heteroatoms. The highest BCUT2D eigenvalue weighted by Gasteiger charge is 2.48. The van der Waals surface area contributed by atoms with Gasteiger partial charge in [-0.1, -0.05) is 31.5 Å². The van der Waals surface area contributed by atoms with Crippen LogP contribution in [0.25, 0.3) is 0 Å². The van der Waals surface area contributed by atoms with E-state index in [0.717, 1.165) is 36.9 Å². The van der Waals surface area contributed by atoms with Gasteiger partial charge in [-0.05, 0) is 61.6 Å². The van der Waals surface area contributed by atoms with Crippen molar-refractivity contribution in [3.8, 4) is 11.5 Å². The summed E-state index contributed by atoms with van der Waals surface area (Å²) in [6.45, 7) is 4.56. The summed E-state index contributed by atoms with van der Waals surface area (Å²) in [5.74, 6) is -1.69. The van der Waals surface area contributed by atoms with E-state index >= 15 is 0 Å². The van der Waals surface area contributed by atoms with Crippen LogP contribution in [-0.2, 0) is 20.8 Å². The van der Waals surface area contributed by atoms with Gasteiger partial charge in [0.1, 0.15) is 0 Å². The molecule has 2 amide bonds. The molecule has 1 saturated heterocycles. The highest BCUT2D eigenvalue weighted by molar-refractivity contribution is 6.01. The van der Waals surface area contributed by atoms with Crippen LogP contribution in [0.1, 0.15) is 66.4 Å².